The highest BCUT2D eigenvalue weighted by molar-refractivity contribution is 7.89. The summed E-state index contributed by atoms with van der Waals surface area (Å²) in [6.45, 7) is 3.98. The lowest BCUT2D eigenvalue weighted by atomic mass is 10.3. The van der Waals surface area contributed by atoms with Crippen LogP contribution in [0, 0.1) is 0 Å². The first-order valence-electron chi connectivity index (χ1n) is 7.05. The molecule has 7 heteroatoms. The summed E-state index contributed by atoms with van der Waals surface area (Å²) in [5.74, 6) is 0.963. The first-order chi connectivity index (χ1) is 10.1. The Balaban J connectivity index is 1.76. The lowest BCUT2D eigenvalue weighted by molar-refractivity contribution is 0.384. The quantitative estimate of drug-likeness (QED) is 0.849. The first-order valence-corrected chi connectivity index (χ1v) is 8.65. The van der Waals surface area contributed by atoms with Crippen molar-refractivity contribution < 1.29 is 8.42 Å². The monoisotopic (exact) mass is 306 g/mol. The molecule has 0 N–H and O–H groups in total. The summed E-state index contributed by atoms with van der Waals surface area (Å²) in [6, 6.07) is 7.74. The second kappa shape index (κ2) is 5.57. The fourth-order valence-corrected chi connectivity index (χ4v) is 3.56. The van der Waals surface area contributed by atoms with Crippen LogP contribution in [-0.4, -0.2) is 54.6 Å². The van der Waals surface area contributed by atoms with E-state index in [0.717, 1.165) is 16.9 Å². The van der Waals surface area contributed by atoms with Crippen molar-refractivity contribution in [1.82, 2.24) is 14.3 Å². The maximum atomic E-state index is 11.9. The van der Waals surface area contributed by atoms with Crippen molar-refractivity contribution in [3.63, 3.8) is 0 Å². The van der Waals surface area contributed by atoms with Gasteiger partial charge in [0.25, 0.3) is 0 Å². The summed E-state index contributed by atoms with van der Waals surface area (Å²) in [7, 11) is -3.09. The second-order valence-electron chi connectivity index (χ2n) is 5.00. The molecule has 0 unspecified atom stereocenters. The van der Waals surface area contributed by atoms with Gasteiger partial charge in [0.15, 0.2) is 0 Å². The molecule has 3 rings (SSSR count). The van der Waals surface area contributed by atoms with Gasteiger partial charge in [-0.1, -0.05) is 12.1 Å². The third-order valence-corrected chi connectivity index (χ3v) is 5.64. The van der Waals surface area contributed by atoms with Gasteiger partial charge < -0.3 is 4.90 Å². The van der Waals surface area contributed by atoms with E-state index in [1.54, 1.807) is 17.4 Å². The summed E-state index contributed by atoms with van der Waals surface area (Å²) in [4.78, 5) is 11.1. The Morgan fingerprint density at radius 2 is 1.76 bits per heavy atom. The van der Waals surface area contributed by atoms with Crippen LogP contribution in [0.4, 0.5) is 5.82 Å². The Hall–Kier alpha value is -1.73. The molecule has 0 spiro atoms. The average molecular weight is 306 g/mol. The van der Waals surface area contributed by atoms with E-state index < -0.39 is 10.0 Å². The van der Waals surface area contributed by atoms with E-state index >= 15 is 0 Å². The zero-order valence-electron chi connectivity index (χ0n) is 11.9. The van der Waals surface area contributed by atoms with Crippen LogP contribution in [0.1, 0.15) is 6.92 Å². The topological polar surface area (TPSA) is 66.4 Å². The molecule has 112 valence electrons. The van der Waals surface area contributed by atoms with Gasteiger partial charge >= 0.3 is 0 Å². The van der Waals surface area contributed by atoms with Crippen molar-refractivity contribution in [2.24, 2.45) is 0 Å². The van der Waals surface area contributed by atoms with Gasteiger partial charge in [0, 0.05) is 26.2 Å². The zero-order valence-corrected chi connectivity index (χ0v) is 12.8. The van der Waals surface area contributed by atoms with E-state index in [1.807, 2.05) is 24.3 Å². The van der Waals surface area contributed by atoms with Gasteiger partial charge in [-0.15, -0.1) is 0 Å². The molecular formula is C14H18N4O2S. The zero-order chi connectivity index (χ0) is 14.9. The number of piperazine rings is 1. The molecular weight excluding hydrogens is 288 g/mol. The summed E-state index contributed by atoms with van der Waals surface area (Å²) in [6.07, 6.45) is 1.76. The van der Waals surface area contributed by atoms with E-state index in [4.69, 9.17) is 0 Å². The minimum Gasteiger partial charge on any atom is -0.353 e. The van der Waals surface area contributed by atoms with Gasteiger partial charge in [0.2, 0.25) is 10.0 Å². The summed E-state index contributed by atoms with van der Waals surface area (Å²) in [5, 5.41) is 0. The van der Waals surface area contributed by atoms with E-state index in [-0.39, 0.29) is 5.75 Å². The Morgan fingerprint density at radius 1 is 1.10 bits per heavy atom. The number of aromatic nitrogens is 2. The molecule has 0 bridgehead atoms. The summed E-state index contributed by atoms with van der Waals surface area (Å²) in [5.41, 5.74) is 1.73. The van der Waals surface area contributed by atoms with Crippen LogP contribution in [0.3, 0.4) is 0 Å². The first kappa shape index (κ1) is 14.2. The second-order valence-corrected chi connectivity index (χ2v) is 7.26. The number of sulfonamides is 1. The fourth-order valence-electron chi connectivity index (χ4n) is 2.48. The minimum absolute atomic E-state index is 0.156. The molecule has 1 aromatic heterocycles. The van der Waals surface area contributed by atoms with Gasteiger partial charge in [-0.25, -0.2) is 13.4 Å². The van der Waals surface area contributed by atoms with Gasteiger partial charge in [0.1, 0.15) is 5.82 Å². The molecule has 2 aromatic rings. The Kier molecular flexibility index (Phi) is 3.77. The van der Waals surface area contributed by atoms with Crippen molar-refractivity contribution in [1.29, 1.82) is 0 Å². The standard InChI is InChI=1S/C14H18N4O2S/c1-2-21(19,20)18-9-7-17(8-10-18)14-11-15-12-5-3-4-6-13(12)16-14/h3-6,11H,2,7-10H2,1H3. The molecule has 0 atom stereocenters. The van der Waals surface area contributed by atoms with Gasteiger partial charge in [-0.2, -0.15) is 4.31 Å². The molecule has 1 saturated heterocycles. The molecule has 2 heterocycles. The minimum atomic E-state index is -3.09. The van der Waals surface area contributed by atoms with Crippen LogP contribution in [0.25, 0.3) is 11.0 Å². The van der Waals surface area contributed by atoms with Crippen LogP contribution in [0.2, 0.25) is 0 Å². The van der Waals surface area contributed by atoms with Crippen LogP contribution < -0.4 is 4.90 Å². The van der Waals surface area contributed by atoms with Crippen LogP contribution in [0.5, 0.6) is 0 Å². The van der Waals surface area contributed by atoms with Gasteiger partial charge in [-0.05, 0) is 19.1 Å². The molecule has 0 amide bonds. The molecule has 1 aliphatic heterocycles. The van der Waals surface area contributed by atoms with Crippen molar-refractivity contribution in [3.8, 4) is 0 Å². The van der Waals surface area contributed by atoms with Crippen molar-refractivity contribution in [3.05, 3.63) is 30.5 Å². The number of anilines is 1. The third kappa shape index (κ3) is 2.84. The van der Waals surface area contributed by atoms with Gasteiger partial charge in [0.05, 0.1) is 23.0 Å². The van der Waals surface area contributed by atoms with Crippen molar-refractivity contribution in [2.45, 2.75) is 6.92 Å². The van der Waals surface area contributed by atoms with E-state index in [2.05, 4.69) is 14.9 Å². The summed E-state index contributed by atoms with van der Waals surface area (Å²) >= 11 is 0. The number of para-hydroxylation sites is 2. The third-order valence-electron chi connectivity index (χ3n) is 3.76. The maximum Gasteiger partial charge on any atom is 0.213 e. The normalized spacial score (nSPS) is 17.3. The molecule has 1 aliphatic rings. The van der Waals surface area contributed by atoms with E-state index in [1.165, 1.54) is 0 Å². The lowest BCUT2D eigenvalue weighted by Gasteiger charge is -2.34. The number of fused-ring (bicyclic) bond motifs is 1. The molecule has 0 radical (unpaired) electrons. The Bertz CT molecular complexity index is 739. The lowest BCUT2D eigenvalue weighted by Crippen LogP contribution is -2.49. The van der Waals surface area contributed by atoms with Crippen molar-refractivity contribution >= 4 is 26.9 Å². The predicted octanol–water partition coefficient (Wildman–Crippen LogP) is 1.10. The molecule has 0 aliphatic carbocycles. The Labute approximate surface area is 124 Å². The largest absolute Gasteiger partial charge is 0.353 e. The number of rotatable bonds is 3. The highest BCUT2D eigenvalue weighted by atomic mass is 32.2. The smallest absolute Gasteiger partial charge is 0.213 e. The predicted molar refractivity (Wildman–Crippen MR) is 82.8 cm³/mol. The van der Waals surface area contributed by atoms with Crippen molar-refractivity contribution in [2.75, 3.05) is 36.8 Å². The number of hydrogen-bond donors (Lipinski definition) is 0. The molecule has 0 saturated carbocycles. The SMILES string of the molecule is CCS(=O)(=O)N1CCN(c2cnc3ccccc3n2)CC1. The van der Waals surface area contributed by atoms with E-state index in [0.29, 0.717) is 26.2 Å². The average Bonchev–Trinajstić information content (AvgIpc) is 2.54. The maximum absolute atomic E-state index is 11.9. The molecule has 1 aromatic carbocycles. The fraction of sp³-hybridized carbons (Fsp3) is 0.429. The van der Waals surface area contributed by atoms with E-state index in [9.17, 15) is 8.42 Å². The molecule has 1 fully saturated rings. The number of nitrogens with zero attached hydrogens (tertiary/aromatic N) is 4. The van der Waals surface area contributed by atoms with Crippen LogP contribution in [-0.2, 0) is 10.0 Å². The summed E-state index contributed by atoms with van der Waals surface area (Å²) < 4.78 is 25.3. The molecule has 6 nitrogen and oxygen atoms in total. The number of hydrogen-bond acceptors (Lipinski definition) is 5. The number of benzene rings is 1. The van der Waals surface area contributed by atoms with Crippen LogP contribution in [0.15, 0.2) is 30.5 Å². The molecule has 21 heavy (non-hydrogen) atoms. The highest BCUT2D eigenvalue weighted by Crippen LogP contribution is 2.17. The Morgan fingerprint density at radius 3 is 2.43 bits per heavy atom. The van der Waals surface area contributed by atoms with Gasteiger partial charge in [-0.3, -0.25) is 4.98 Å². The highest BCUT2D eigenvalue weighted by Gasteiger charge is 2.26. The van der Waals surface area contributed by atoms with Crippen LogP contribution >= 0.6 is 0 Å².